The third-order valence-electron chi connectivity index (χ3n) is 1.94. The van der Waals surface area contributed by atoms with Gasteiger partial charge in [0.05, 0.1) is 17.4 Å². The molecule has 0 fully saturated rings. The first kappa shape index (κ1) is 7.80. The Kier molecular flexibility index (Phi) is 1.89. The van der Waals surface area contributed by atoms with Crippen LogP contribution in [0.5, 0.6) is 0 Å². The molecule has 0 aliphatic rings. The molecule has 0 N–H and O–H groups in total. The molecule has 0 aliphatic carbocycles. The molecule has 0 radical (unpaired) electrons. The third-order valence-corrected chi connectivity index (χ3v) is 2.59. The second-order valence-electron chi connectivity index (χ2n) is 2.81. The molecule has 1 aromatic heterocycles. The van der Waals surface area contributed by atoms with E-state index in [1.807, 2.05) is 17.9 Å². The van der Waals surface area contributed by atoms with Crippen LogP contribution in [-0.2, 0) is 12.4 Å². The topological polar surface area (TPSA) is 17.8 Å². The summed E-state index contributed by atoms with van der Waals surface area (Å²) >= 11 is 3.42. The highest BCUT2D eigenvalue weighted by atomic mass is 79.9. The number of fused-ring (bicyclic) bond motifs is 1. The lowest BCUT2D eigenvalue weighted by molar-refractivity contribution is 0.947. The summed E-state index contributed by atoms with van der Waals surface area (Å²) in [5.41, 5.74) is 3.51. The summed E-state index contributed by atoms with van der Waals surface area (Å²) in [4.78, 5) is 4.27. The van der Waals surface area contributed by atoms with Crippen molar-refractivity contribution in [1.82, 2.24) is 9.55 Å². The molecule has 0 bridgehead atoms. The smallest absolute Gasteiger partial charge is 0.0955 e. The van der Waals surface area contributed by atoms with Crippen molar-refractivity contribution in [3.05, 3.63) is 30.1 Å². The quantitative estimate of drug-likeness (QED) is 0.681. The van der Waals surface area contributed by atoms with Crippen LogP contribution in [-0.4, -0.2) is 9.55 Å². The van der Waals surface area contributed by atoms with Crippen LogP contribution in [0, 0.1) is 0 Å². The van der Waals surface area contributed by atoms with E-state index in [1.165, 1.54) is 11.1 Å². The number of nitrogens with zero attached hydrogens (tertiary/aromatic N) is 2. The molecular weight excluding hydrogens is 216 g/mol. The van der Waals surface area contributed by atoms with E-state index in [0.717, 1.165) is 10.8 Å². The number of hydrogen-bond acceptors (Lipinski definition) is 1. The number of halogens is 1. The molecule has 2 nitrogen and oxygen atoms in total. The van der Waals surface area contributed by atoms with Crippen LogP contribution < -0.4 is 0 Å². The largest absolute Gasteiger partial charge is 0.334 e. The molecule has 2 aromatic rings. The molecule has 0 unspecified atom stereocenters. The summed E-state index contributed by atoms with van der Waals surface area (Å²) in [5.74, 6) is 0. The van der Waals surface area contributed by atoms with Gasteiger partial charge in [-0.15, -0.1) is 0 Å². The molecule has 0 atom stereocenters. The average molecular weight is 225 g/mol. The van der Waals surface area contributed by atoms with E-state index in [4.69, 9.17) is 0 Å². The summed E-state index contributed by atoms with van der Waals surface area (Å²) in [6.45, 7) is 0. The number of imidazole rings is 1. The minimum atomic E-state index is 0.888. The van der Waals surface area contributed by atoms with Crippen molar-refractivity contribution < 1.29 is 0 Å². The van der Waals surface area contributed by atoms with Gasteiger partial charge in [0.1, 0.15) is 0 Å². The molecule has 3 heteroatoms. The Morgan fingerprint density at radius 1 is 1.50 bits per heavy atom. The molecule has 1 aromatic carbocycles. The van der Waals surface area contributed by atoms with E-state index >= 15 is 0 Å². The Morgan fingerprint density at radius 2 is 2.33 bits per heavy atom. The fourth-order valence-electron chi connectivity index (χ4n) is 1.26. The summed E-state index contributed by atoms with van der Waals surface area (Å²) in [6.07, 6.45) is 1.84. The van der Waals surface area contributed by atoms with Gasteiger partial charge >= 0.3 is 0 Å². The highest BCUT2D eigenvalue weighted by molar-refractivity contribution is 9.08. The summed E-state index contributed by atoms with van der Waals surface area (Å²) in [5, 5.41) is 0.888. The average Bonchev–Trinajstić information content (AvgIpc) is 2.47. The Labute approximate surface area is 79.3 Å². The molecule has 0 saturated heterocycles. The maximum absolute atomic E-state index is 4.27. The molecule has 0 aliphatic heterocycles. The van der Waals surface area contributed by atoms with Crippen LogP contribution in [0.1, 0.15) is 5.56 Å². The molecule has 2 rings (SSSR count). The predicted octanol–water partition coefficient (Wildman–Crippen LogP) is 2.47. The number of aromatic nitrogens is 2. The van der Waals surface area contributed by atoms with Crippen LogP contribution in [0.15, 0.2) is 24.5 Å². The highest BCUT2D eigenvalue weighted by Crippen LogP contribution is 2.15. The lowest BCUT2D eigenvalue weighted by Gasteiger charge is -1.96. The maximum Gasteiger partial charge on any atom is 0.0955 e. The number of rotatable bonds is 1. The molecule has 1 heterocycles. The standard InChI is InChI=1S/C9H9BrN2/c1-12-6-11-8-4-7(5-10)2-3-9(8)12/h2-4,6H,5H2,1H3. The first-order valence-corrected chi connectivity index (χ1v) is 4.89. The molecule has 62 valence electrons. The fourth-order valence-corrected chi connectivity index (χ4v) is 1.61. The number of aryl methyl sites for hydroxylation is 1. The van der Waals surface area contributed by atoms with E-state index in [-0.39, 0.29) is 0 Å². The Bertz CT molecular complexity index is 406. The highest BCUT2D eigenvalue weighted by Gasteiger charge is 1.99. The molecular formula is C9H9BrN2. The zero-order valence-corrected chi connectivity index (χ0v) is 8.37. The summed E-state index contributed by atoms with van der Waals surface area (Å²) in [6, 6.07) is 6.31. The predicted molar refractivity (Wildman–Crippen MR) is 53.3 cm³/mol. The molecule has 12 heavy (non-hydrogen) atoms. The second kappa shape index (κ2) is 2.90. The van der Waals surface area contributed by atoms with Gasteiger partial charge in [-0.1, -0.05) is 22.0 Å². The van der Waals surface area contributed by atoms with Crippen molar-refractivity contribution in [3.8, 4) is 0 Å². The van der Waals surface area contributed by atoms with Gasteiger partial charge in [-0.25, -0.2) is 4.98 Å². The van der Waals surface area contributed by atoms with Crippen molar-refractivity contribution in [1.29, 1.82) is 0 Å². The van der Waals surface area contributed by atoms with Gasteiger partial charge < -0.3 is 4.57 Å². The van der Waals surface area contributed by atoms with Crippen molar-refractivity contribution in [2.75, 3.05) is 0 Å². The normalized spacial score (nSPS) is 10.8. The molecule has 0 spiro atoms. The van der Waals surface area contributed by atoms with Crippen molar-refractivity contribution in [3.63, 3.8) is 0 Å². The Hall–Kier alpha value is -0.830. The van der Waals surface area contributed by atoms with E-state index in [0.29, 0.717) is 0 Å². The van der Waals surface area contributed by atoms with Gasteiger partial charge in [0, 0.05) is 12.4 Å². The first-order valence-electron chi connectivity index (χ1n) is 3.77. The minimum Gasteiger partial charge on any atom is -0.334 e. The number of benzene rings is 1. The van der Waals surface area contributed by atoms with Crippen LogP contribution >= 0.6 is 15.9 Å². The van der Waals surface area contributed by atoms with E-state index in [2.05, 4.69) is 39.1 Å². The fraction of sp³-hybridized carbons (Fsp3) is 0.222. The number of alkyl halides is 1. The SMILES string of the molecule is Cn1cnc2cc(CBr)ccc21. The van der Waals surface area contributed by atoms with Crippen LogP contribution in [0.25, 0.3) is 11.0 Å². The summed E-state index contributed by atoms with van der Waals surface area (Å²) in [7, 11) is 2.00. The van der Waals surface area contributed by atoms with E-state index in [1.54, 1.807) is 0 Å². The Balaban J connectivity index is 2.69. The lowest BCUT2D eigenvalue weighted by Crippen LogP contribution is -1.83. The summed E-state index contributed by atoms with van der Waals surface area (Å²) < 4.78 is 2.02. The van der Waals surface area contributed by atoms with Crippen molar-refractivity contribution in [2.24, 2.45) is 7.05 Å². The van der Waals surface area contributed by atoms with Gasteiger partial charge in [-0.05, 0) is 17.7 Å². The second-order valence-corrected chi connectivity index (χ2v) is 3.37. The van der Waals surface area contributed by atoms with Crippen LogP contribution in [0.4, 0.5) is 0 Å². The minimum absolute atomic E-state index is 0.888. The lowest BCUT2D eigenvalue weighted by atomic mass is 10.2. The molecule has 0 amide bonds. The van der Waals surface area contributed by atoms with Gasteiger partial charge in [0.2, 0.25) is 0 Å². The van der Waals surface area contributed by atoms with E-state index < -0.39 is 0 Å². The van der Waals surface area contributed by atoms with Crippen molar-refractivity contribution >= 4 is 27.0 Å². The maximum atomic E-state index is 4.27. The zero-order chi connectivity index (χ0) is 8.55. The monoisotopic (exact) mass is 224 g/mol. The van der Waals surface area contributed by atoms with Crippen LogP contribution in [0.2, 0.25) is 0 Å². The van der Waals surface area contributed by atoms with Gasteiger partial charge in [0.25, 0.3) is 0 Å². The van der Waals surface area contributed by atoms with Crippen LogP contribution in [0.3, 0.4) is 0 Å². The van der Waals surface area contributed by atoms with Gasteiger partial charge in [0.15, 0.2) is 0 Å². The van der Waals surface area contributed by atoms with Gasteiger partial charge in [-0.2, -0.15) is 0 Å². The van der Waals surface area contributed by atoms with E-state index in [9.17, 15) is 0 Å². The number of hydrogen-bond donors (Lipinski definition) is 0. The first-order chi connectivity index (χ1) is 5.81. The third kappa shape index (κ3) is 1.14. The Morgan fingerprint density at radius 3 is 3.08 bits per heavy atom. The van der Waals surface area contributed by atoms with Gasteiger partial charge in [-0.3, -0.25) is 0 Å². The zero-order valence-electron chi connectivity index (χ0n) is 6.79. The molecule has 0 saturated carbocycles. The van der Waals surface area contributed by atoms with Crippen molar-refractivity contribution in [2.45, 2.75) is 5.33 Å².